The van der Waals surface area contributed by atoms with Crippen LogP contribution in [0.1, 0.15) is 16.7 Å². The topological polar surface area (TPSA) is 125 Å². The molecule has 0 aromatic heterocycles. The summed E-state index contributed by atoms with van der Waals surface area (Å²) >= 11 is 0. The van der Waals surface area contributed by atoms with Crippen LogP contribution in [0.3, 0.4) is 0 Å². The Labute approximate surface area is 162 Å². The van der Waals surface area contributed by atoms with Gasteiger partial charge in [-0.25, -0.2) is 4.57 Å². The molecule has 0 atom stereocenters. The van der Waals surface area contributed by atoms with Crippen LogP contribution in [0.5, 0.6) is 5.75 Å². The molecule has 28 heavy (non-hydrogen) atoms. The average Bonchev–Trinajstić information content (AvgIpc) is 2.70. The maximum absolute atomic E-state index is 11.1. The summed E-state index contributed by atoms with van der Waals surface area (Å²) in [5.74, 6) is -0.0415. The summed E-state index contributed by atoms with van der Waals surface area (Å²) in [6.45, 7) is 0. The van der Waals surface area contributed by atoms with E-state index in [1.807, 2.05) is 60.7 Å². The highest BCUT2D eigenvalue weighted by atomic mass is 31.2. The quantitative estimate of drug-likeness (QED) is 0.126. The molecule has 0 aliphatic heterocycles. The van der Waals surface area contributed by atoms with E-state index in [0.29, 0.717) is 5.56 Å². The predicted octanol–water partition coefficient (Wildman–Crippen LogP) is 3.24. The second-order valence-electron chi connectivity index (χ2n) is 6.07. The Morgan fingerprint density at radius 1 is 0.821 bits per heavy atom. The monoisotopic (exact) mass is 398 g/mol. The van der Waals surface area contributed by atoms with Gasteiger partial charge in [0, 0.05) is 0 Å². The van der Waals surface area contributed by atoms with Gasteiger partial charge in [0.2, 0.25) is 0 Å². The Morgan fingerprint density at radius 3 is 1.64 bits per heavy atom. The lowest BCUT2D eigenvalue weighted by molar-refractivity contribution is 0.283. The van der Waals surface area contributed by atoms with Gasteiger partial charge in [0.1, 0.15) is 11.2 Å². The number of oxime groups is 1. The van der Waals surface area contributed by atoms with Gasteiger partial charge in [0.25, 0.3) is 0 Å². The first-order valence-electron chi connectivity index (χ1n) is 8.32. The summed E-state index contributed by atoms with van der Waals surface area (Å²) in [6.07, 6.45) is 0. The summed E-state index contributed by atoms with van der Waals surface area (Å²) in [5, 5.41) is 12.9. The van der Waals surface area contributed by atoms with Crippen molar-refractivity contribution in [1.82, 2.24) is 0 Å². The van der Waals surface area contributed by atoms with Gasteiger partial charge in [-0.2, -0.15) is 0 Å². The lowest BCUT2D eigenvalue weighted by Crippen LogP contribution is -2.43. The van der Waals surface area contributed by atoms with Crippen LogP contribution in [0.15, 0.2) is 90.1 Å². The fraction of sp³-hybridized carbons (Fsp3) is 0.0500. The van der Waals surface area contributed by atoms with Crippen molar-refractivity contribution in [3.8, 4) is 5.75 Å². The van der Waals surface area contributed by atoms with E-state index in [1.165, 1.54) is 12.1 Å². The molecule has 0 fully saturated rings. The number of amidine groups is 1. The summed E-state index contributed by atoms with van der Waals surface area (Å²) in [5.41, 5.74) is 7.28. The summed E-state index contributed by atoms with van der Waals surface area (Å²) < 4.78 is 15.7. The van der Waals surface area contributed by atoms with Crippen molar-refractivity contribution in [1.29, 1.82) is 0 Å². The zero-order chi connectivity index (χ0) is 20.2. The van der Waals surface area contributed by atoms with Crippen molar-refractivity contribution < 1.29 is 24.1 Å². The zero-order valence-corrected chi connectivity index (χ0v) is 15.6. The highest BCUT2D eigenvalue weighted by molar-refractivity contribution is 7.46. The molecule has 3 aromatic rings. The molecule has 0 spiro atoms. The predicted molar refractivity (Wildman–Crippen MR) is 105 cm³/mol. The minimum absolute atomic E-state index is 0.00613. The molecule has 5 N–H and O–H groups in total. The van der Waals surface area contributed by atoms with Crippen LogP contribution in [-0.2, 0) is 9.98 Å². The minimum Gasteiger partial charge on any atom is -0.409 e. The standard InChI is InChI=1S/C20H19N2O5P/c21-19(22-23)20(15-7-3-1-4-8-15,16-9-5-2-6-10-16)17-11-13-18(14-12-17)27-28(24,25)26/h1-14,23H,(H2,21,22)(H2,24,25,26). The molecule has 0 unspecified atom stereocenters. The first-order valence-corrected chi connectivity index (χ1v) is 9.85. The number of rotatable bonds is 6. The van der Waals surface area contributed by atoms with Crippen LogP contribution in [-0.4, -0.2) is 20.8 Å². The van der Waals surface area contributed by atoms with Crippen LogP contribution < -0.4 is 10.3 Å². The van der Waals surface area contributed by atoms with E-state index in [0.717, 1.165) is 11.1 Å². The van der Waals surface area contributed by atoms with Crippen LogP contribution in [0.25, 0.3) is 0 Å². The van der Waals surface area contributed by atoms with Crippen molar-refractivity contribution in [3.63, 3.8) is 0 Å². The number of phosphoric acid groups is 1. The van der Waals surface area contributed by atoms with Crippen molar-refractivity contribution in [3.05, 3.63) is 102 Å². The summed E-state index contributed by atoms with van der Waals surface area (Å²) in [4.78, 5) is 18.0. The van der Waals surface area contributed by atoms with Gasteiger partial charge in [0.15, 0.2) is 5.84 Å². The molecule has 3 aromatic carbocycles. The Balaban J connectivity index is 2.26. The van der Waals surface area contributed by atoms with Crippen LogP contribution in [0, 0.1) is 0 Å². The van der Waals surface area contributed by atoms with Crippen molar-refractivity contribution in [2.75, 3.05) is 0 Å². The largest absolute Gasteiger partial charge is 0.524 e. The Hall–Kier alpha value is -3.12. The number of hydrogen-bond donors (Lipinski definition) is 4. The summed E-state index contributed by atoms with van der Waals surface area (Å²) in [7, 11) is -4.67. The molecule has 144 valence electrons. The van der Waals surface area contributed by atoms with E-state index < -0.39 is 13.2 Å². The zero-order valence-electron chi connectivity index (χ0n) is 14.7. The smallest absolute Gasteiger partial charge is 0.409 e. The van der Waals surface area contributed by atoms with Gasteiger partial charge in [-0.15, -0.1) is 0 Å². The van der Waals surface area contributed by atoms with E-state index in [-0.39, 0.29) is 11.6 Å². The molecule has 3 rings (SSSR count). The van der Waals surface area contributed by atoms with Crippen LogP contribution in [0.4, 0.5) is 0 Å². The minimum atomic E-state index is -4.67. The van der Waals surface area contributed by atoms with E-state index in [1.54, 1.807) is 12.1 Å². The maximum Gasteiger partial charge on any atom is 0.524 e. The lowest BCUT2D eigenvalue weighted by atomic mass is 9.68. The third-order valence-electron chi connectivity index (χ3n) is 4.42. The Kier molecular flexibility index (Phi) is 5.51. The number of nitrogens with two attached hydrogens (primary N) is 1. The maximum atomic E-state index is 11.1. The molecular formula is C20H19N2O5P. The molecule has 0 amide bonds. The Bertz CT molecular complexity index is 962. The third-order valence-corrected chi connectivity index (χ3v) is 4.87. The molecule has 0 aliphatic rings. The normalized spacial score (nSPS) is 12.6. The molecule has 0 aliphatic carbocycles. The number of benzene rings is 3. The van der Waals surface area contributed by atoms with Gasteiger partial charge in [0.05, 0.1) is 0 Å². The van der Waals surface area contributed by atoms with Gasteiger partial charge in [-0.1, -0.05) is 78.0 Å². The van der Waals surface area contributed by atoms with Crippen molar-refractivity contribution >= 4 is 13.7 Å². The molecule has 0 saturated heterocycles. The van der Waals surface area contributed by atoms with Crippen molar-refractivity contribution in [2.24, 2.45) is 10.9 Å². The highest BCUT2D eigenvalue weighted by Crippen LogP contribution is 2.42. The van der Waals surface area contributed by atoms with Gasteiger partial charge >= 0.3 is 7.82 Å². The van der Waals surface area contributed by atoms with E-state index in [9.17, 15) is 9.77 Å². The van der Waals surface area contributed by atoms with E-state index >= 15 is 0 Å². The molecule has 0 heterocycles. The lowest BCUT2D eigenvalue weighted by Gasteiger charge is -2.34. The second-order valence-corrected chi connectivity index (χ2v) is 7.24. The molecule has 0 bridgehead atoms. The van der Waals surface area contributed by atoms with Gasteiger partial charge < -0.3 is 15.5 Å². The molecule has 0 radical (unpaired) electrons. The highest BCUT2D eigenvalue weighted by Gasteiger charge is 2.41. The van der Waals surface area contributed by atoms with Gasteiger partial charge in [-0.05, 0) is 28.8 Å². The molecular weight excluding hydrogens is 379 g/mol. The van der Waals surface area contributed by atoms with Crippen LogP contribution >= 0.6 is 7.82 Å². The second kappa shape index (κ2) is 7.86. The van der Waals surface area contributed by atoms with Gasteiger partial charge in [-0.3, -0.25) is 9.79 Å². The fourth-order valence-electron chi connectivity index (χ4n) is 3.30. The van der Waals surface area contributed by atoms with E-state index in [2.05, 4.69) is 9.68 Å². The third kappa shape index (κ3) is 3.77. The number of phosphoric ester groups is 1. The number of hydrogen-bond acceptors (Lipinski definition) is 4. The van der Waals surface area contributed by atoms with E-state index in [4.69, 9.17) is 15.5 Å². The fourth-order valence-corrected chi connectivity index (χ4v) is 3.69. The first kappa shape index (κ1) is 19.6. The SMILES string of the molecule is NC(=NO)C(c1ccccc1)(c1ccccc1)c1ccc(OP(=O)(O)O)cc1. The number of nitrogens with zero attached hydrogens (tertiary/aromatic N) is 1. The van der Waals surface area contributed by atoms with Crippen LogP contribution in [0.2, 0.25) is 0 Å². The van der Waals surface area contributed by atoms with Crippen molar-refractivity contribution in [2.45, 2.75) is 5.41 Å². The molecule has 7 nitrogen and oxygen atoms in total. The Morgan fingerprint density at radius 2 is 1.25 bits per heavy atom. The molecule has 0 saturated carbocycles. The summed E-state index contributed by atoms with van der Waals surface area (Å²) in [6, 6.07) is 24.7. The first-order chi connectivity index (χ1) is 13.4. The average molecular weight is 398 g/mol. The molecule has 8 heteroatoms.